The van der Waals surface area contributed by atoms with Gasteiger partial charge in [0.1, 0.15) is 5.75 Å². The highest BCUT2D eigenvalue weighted by Crippen LogP contribution is 2.34. The summed E-state index contributed by atoms with van der Waals surface area (Å²) in [6.07, 6.45) is 0.654. The van der Waals surface area contributed by atoms with Crippen molar-refractivity contribution in [2.24, 2.45) is 0 Å². The van der Waals surface area contributed by atoms with E-state index in [2.05, 4.69) is 26.2 Å². The van der Waals surface area contributed by atoms with Crippen molar-refractivity contribution < 1.29 is 9.53 Å². The van der Waals surface area contributed by atoms with E-state index in [1.54, 1.807) is 19.1 Å². The van der Waals surface area contributed by atoms with Gasteiger partial charge in [-0.05, 0) is 43.3 Å². The molecule has 0 aliphatic carbocycles. The van der Waals surface area contributed by atoms with Gasteiger partial charge in [0, 0.05) is 28.6 Å². The normalized spacial score (nSPS) is 15.7. The number of nitrogens with zero attached hydrogens (tertiary/aromatic N) is 1. The van der Waals surface area contributed by atoms with Crippen LogP contribution in [-0.2, 0) is 6.54 Å². The lowest BCUT2D eigenvalue weighted by atomic mass is 10.00. The second-order valence-electron chi connectivity index (χ2n) is 6.59. The maximum Gasteiger partial charge on any atom is 0.328 e. The highest BCUT2D eigenvalue weighted by atomic mass is 79.9. The van der Waals surface area contributed by atoms with Crippen LogP contribution in [0.1, 0.15) is 35.3 Å². The average Bonchev–Trinajstić information content (AvgIpc) is 2.68. The molecule has 0 saturated heterocycles. The minimum atomic E-state index is -0.485. The first-order valence-corrected chi connectivity index (χ1v) is 9.77. The largest absolute Gasteiger partial charge is 0.493 e. The number of H-pyrrole nitrogens is 1. The molecule has 0 radical (unpaired) electrons. The Labute approximate surface area is 168 Å². The monoisotopic (exact) mass is 443 g/mol. The molecule has 1 unspecified atom stereocenters. The Kier molecular flexibility index (Phi) is 4.80. The van der Waals surface area contributed by atoms with Crippen LogP contribution in [0, 0.1) is 0 Å². The van der Waals surface area contributed by atoms with Crippen molar-refractivity contribution in [2.75, 3.05) is 6.61 Å². The average molecular weight is 444 g/mol. The van der Waals surface area contributed by atoms with Crippen LogP contribution in [0.2, 0.25) is 0 Å². The summed E-state index contributed by atoms with van der Waals surface area (Å²) in [5.41, 5.74) is 0.786. The van der Waals surface area contributed by atoms with Crippen LogP contribution < -0.4 is 21.3 Å². The van der Waals surface area contributed by atoms with Gasteiger partial charge in [-0.1, -0.05) is 15.9 Å². The first-order valence-electron chi connectivity index (χ1n) is 8.98. The number of halogens is 1. The first kappa shape index (κ1) is 18.5. The molecule has 7 nitrogen and oxygen atoms in total. The van der Waals surface area contributed by atoms with Gasteiger partial charge in [0.15, 0.2) is 0 Å². The predicted octanol–water partition coefficient (Wildman–Crippen LogP) is 2.73. The van der Waals surface area contributed by atoms with E-state index in [4.69, 9.17) is 4.74 Å². The van der Waals surface area contributed by atoms with Gasteiger partial charge < -0.3 is 15.0 Å². The SMILES string of the molecule is CCn1c(=O)[nH]c2cc(C(=O)NC3CCOc4ccc(Br)cc43)ccc2c1=O. The topological polar surface area (TPSA) is 93.2 Å². The Morgan fingerprint density at radius 1 is 1.29 bits per heavy atom. The quantitative estimate of drug-likeness (QED) is 0.650. The molecule has 2 heterocycles. The van der Waals surface area contributed by atoms with Crippen LogP contribution >= 0.6 is 15.9 Å². The number of amides is 1. The smallest absolute Gasteiger partial charge is 0.328 e. The molecule has 144 valence electrons. The summed E-state index contributed by atoms with van der Waals surface area (Å²) >= 11 is 3.45. The van der Waals surface area contributed by atoms with E-state index in [0.717, 1.165) is 20.4 Å². The van der Waals surface area contributed by atoms with Crippen LogP contribution in [0.5, 0.6) is 5.75 Å². The summed E-state index contributed by atoms with van der Waals surface area (Å²) in [6, 6.07) is 10.2. The Balaban J connectivity index is 1.66. The van der Waals surface area contributed by atoms with Crippen molar-refractivity contribution in [1.29, 1.82) is 0 Å². The summed E-state index contributed by atoms with van der Waals surface area (Å²) in [4.78, 5) is 39.9. The Hall–Kier alpha value is -2.87. The van der Waals surface area contributed by atoms with Gasteiger partial charge in [0.05, 0.1) is 23.6 Å². The second kappa shape index (κ2) is 7.27. The van der Waals surface area contributed by atoms with Crippen molar-refractivity contribution in [2.45, 2.75) is 25.9 Å². The van der Waals surface area contributed by atoms with Gasteiger partial charge in [0.2, 0.25) is 0 Å². The molecule has 4 rings (SSSR count). The number of ether oxygens (including phenoxy) is 1. The summed E-state index contributed by atoms with van der Waals surface area (Å²) in [5.74, 6) is 0.475. The summed E-state index contributed by atoms with van der Waals surface area (Å²) in [6.45, 7) is 2.53. The zero-order valence-corrected chi connectivity index (χ0v) is 16.7. The highest BCUT2D eigenvalue weighted by molar-refractivity contribution is 9.10. The van der Waals surface area contributed by atoms with Crippen LogP contribution in [-0.4, -0.2) is 22.1 Å². The maximum atomic E-state index is 12.8. The van der Waals surface area contributed by atoms with Crippen LogP contribution in [0.3, 0.4) is 0 Å². The van der Waals surface area contributed by atoms with Gasteiger partial charge in [-0.25, -0.2) is 4.79 Å². The third kappa shape index (κ3) is 3.24. The van der Waals surface area contributed by atoms with Gasteiger partial charge in [-0.2, -0.15) is 0 Å². The van der Waals surface area contributed by atoms with E-state index in [9.17, 15) is 14.4 Å². The lowest BCUT2D eigenvalue weighted by Crippen LogP contribution is -2.35. The van der Waals surface area contributed by atoms with E-state index in [1.807, 2.05) is 18.2 Å². The lowest BCUT2D eigenvalue weighted by Gasteiger charge is -2.27. The van der Waals surface area contributed by atoms with E-state index in [1.165, 1.54) is 6.07 Å². The molecule has 1 amide bonds. The van der Waals surface area contributed by atoms with Crippen molar-refractivity contribution >= 4 is 32.7 Å². The summed E-state index contributed by atoms with van der Waals surface area (Å²) in [7, 11) is 0. The summed E-state index contributed by atoms with van der Waals surface area (Å²) in [5, 5.41) is 3.39. The Morgan fingerprint density at radius 3 is 2.89 bits per heavy atom. The molecular formula is C20H18BrN3O4. The van der Waals surface area contributed by atoms with Gasteiger partial charge in [0.25, 0.3) is 11.5 Å². The molecule has 1 aliphatic rings. The molecule has 0 spiro atoms. The van der Waals surface area contributed by atoms with Crippen molar-refractivity contribution in [1.82, 2.24) is 14.9 Å². The summed E-state index contributed by atoms with van der Waals surface area (Å²) < 4.78 is 7.69. The molecule has 1 aromatic heterocycles. The van der Waals surface area contributed by atoms with E-state index < -0.39 is 5.69 Å². The first-order chi connectivity index (χ1) is 13.5. The van der Waals surface area contributed by atoms with Crippen LogP contribution in [0.4, 0.5) is 0 Å². The fourth-order valence-electron chi connectivity index (χ4n) is 3.44. The number of hydrogen-bond donors (Lipinski definition) is 2. The number of rotatable bonds is 3. The fourth-order valence-corrected chi connectivity index (χ4v) is 3.82. The minimum absolute atomic E-state index is 0.184. The number of carbonyl (C=O) groups is 1. The molecule has 1 atom stereocenters. The van der Waals surface area contributed by atoms with E-state index in [0.29, 0.717) is 29.5 Å². The second-order valence-corrected chi connectivity index (χ2v) is 7.50. The van der Waals surface area contributed by atoms with Crippen LogP contribution in [0.15, 0.2) is 50.5 Å². The molecule has 1 aliphatic heterocycles. The number of carbonyl (C=O) groups excluding carboxylic acids is 1. The van der Waals surface area contributed by atoms with Crippen molar-refractivity contribution in [3.8, 4) is 5.75 Å². The molecule has 0 fully saturated rings. The molecule has 8 heteroatoms. The van der Waals surface area contributed by atoms with Gasteiger partial charge in [-0.3, -0.25) is 14.2 Å². The molecule has 0 bridgehead atoms. The standard InChI is InChI=1S/C20H18BrN3O4/c1-2-24-19(26)13-5-3-11(9-16(13)23-20(24)27)18(25)22-15-7-8-28-17-6-4-12(21)10-14(15)17/h3-6,9-10,15H,2,7-8H2,1H3,(H,22,25)(H,23,27). The third-order valence-electron chi connectivity index (χ3n) is 4.88. The molecule has 28 heavy (non-hydrogen) atoms. The zero-order valence-electron chi connectivity index (χ0n) is 15.1. The highest BCUT2D eigenvalue weighted by Gasteiger charge is 2.24. The van der Waals surface area contributed by atoms with Crippen molar-refractivity contribution in [3.63, 3.8) is 0 Å². The Morgan fingerprint density at radius 2 is 2.11 bits per heavy atom. The molecule has 3 aromatic rings. The number of fused-ring (bicyclic) bond motifs is 2. The fraction of sp³-hybridized carbons (Fsp3) is 0.250. The minimum Gasteiger partial charge on any atom is -0.493 e. The van der Waals surface area contributed by atoms with Gasteiger partial charge in [-0.15, -0.1) is 0 Å². The molecule has 2 N–H and O–H groups in total. The maximum absolute atomic E-state index is 12.8. The third-order valence-corrected chi connectivity index (χ3v) is 5.37. The number of aromatic amines is 1. The zero-order chi connectivity index (χ0) is 19.8. The Bertz CT molecular complexity index is 1200. The van der Waals surface area contributed by atoms with Crippen molar-refractivity contribution in [3.05, 3.63) is 72.8 Å². The number of hydrogen-bond acceptors (Lipinski definition) is 4. The van der Waals surface area contributed by atoms with E-state index in [-0.39, 0.29) is 24.1 Å². The predicted molar refractivity (Wildman–Crippen MR) is 109 cm³/mol. The van der Waals surface area contributed by atoms with E-state index >= 15 is 0 Å². The molecule has 2 aromatic carbocycles. The number of nitrogens with one attached hydrogen (secondary N) is 2. The number of benzene rings is 2. The van der Waals surface area contributed by atoms with Gasteiger partial charge >= 0.3 is 5.69 Å². The van der Waals surface area contributed by atoms with Crippen LogP contribution in [0.25, 0.3) is 10.9 Å². The lowest BCUT2D eigenvalue weighted by molar-refractivity contribution is 0.0925. The number of aromatic nitrogens is 2. The molecule has 0 saturated carbocycles. The molecular weight excluding hydrogens is 426 g/mol.